The van der Waals surface area contributed by atoms with Gasteiger partial charge in [0.05, 0.1) is 11.4 Å². The van der Waals surface area contributed by atoms with Gasteiger partial charge in [-0.1, -0.05) is 36.4 Å². The van der Waals surface area contributed by atoms with Crippen LogP contribution in [0, 0.1) is 0 Å². The number of benzene rings is 2. The van der Waals surface area contributed by atoms with Crippen LogP contribution in [0.4, 0.5) is 8.78 Å². The van der Waals surface area contributed by atoms with Gasteiger partial charge in [-0.3, -0.25) is 9.79 Å². The molecule has 0 fully saturated rings. The maximum absolute atomic E-state index is 14.8. The lowest BCUT2D eigenvalue weighted by Gasteiger charge is -2.37. The standard InChI is InChI=1S/C20H16F2N2O/c1-19(2)20(21,22)14-9-5-3-7-12(14)18(24-19)16-11-17(25)13-8-4-6-10-15(13)23-16/h3-11H,1-2H3,(H,23,25). The summed E-state index contributed by atoms with van der Waals surface area (Å²) in [6.07, 6.45) is 0. The first-order valence-electron chi connectivity index (χ1n) is 8.01. The van der Waals surface area contributed by atoms with Gasteiger partial charge in [0.25, 0.3) is 5.92 Å². The molecule has 0 spiro atoms. The summed E-state index contributed by atoms with van der Waals surface area (Å²) in [5.74, 6) is -3.09. The molecule has 5 heteroatoms. The number of aromatic amines is 1. The fourth-order valence-electron chi connectivity index (χ4n) is 3.23. The van der Waals surface area contributed by atoms with E-state index in [4.69, 9.17) is 0 Å². The topological polar surface area (TPSA) is 45.2 Å². The lowest BCUT2D eigenvalue weighted by Crippen LogP contribution is -2.44. The third-order valence-corrected chi connectivity index (χ3v) is 4.67. The van der Waals surface area contributed by atoms with Gasteiger partial charge in [0.2, 0.25) is 0 Å². The van der Waals surface area contributed by atoms with Crippen molar-refractivity contribution in [3.8, 4) is 0 Å². The Hall–Kier alpha value is -2.82. The summed E-state index contributed by atoms with van der Waals surface area (Å²) < 4.78 is 29.6. The summed E-state index contributed by atoms with van der Waals surface area (Å²) in [6.45, 7) is 2.81. The highest BCUT2D eigenvalue weighted by Gasteiger charge is 2.52. The highest BCUT2D eigenvalue weighted by molar-refractivity contribution is 6.14. The summed E-state index contributed by atoms with van der Waals surface area (Å²) in [4.78, 5) is 19.9. The van der Waals surface area contributed by atoms with E-state index in [-0.39, 0.29) is 11.0 Å². The number of halogens is 2. The summed E-state index contributed by atoms with van der Waals surface area (Å²) in [6, 6.07) is 14.9. The highest BCUT2D eigenvalue weighted by Crippen LogP contribution is 2.46. The molecule has 0 bridgehead atoms. The average molecular weight is 338 g/mol. The molecule has 1 aliphatic rings. The number of fused-ring (bicyclic) bond motifs is 2. The maximum Gasteiger partial charge on any atom is 0.297 e. The van der Waals surface area contributed by atoms with Gasteiger partial charge in [0.15, 0.2) is 5.43 Å². The number of nitrogens with one attached hydrogen (secondary N) is 1. The van der Waals surface area contributed by atoms with E-state index in [1.54, 1.807) is 36.4 Å². The van der Waals surface area contributed by atoms with Gasteiger partial charge in [-0.25, -0.2) is 0 Å². The van der Waals surface area contributed by atoms with Gasteiger partial charge < -0.3 is 4.98 Å². The van der Waals surface area contributed by atoms with Crippen LogP contribution in [0.1, 0.15) is 30.7 Å². The van der Waals surface area contributed by atoms with Crippen LogP contribution < -0.4 is 5.43 Å². The molecule has 0 saturated heterocycles. The average Bonchev–Trinajstić information content (AvgIpc) is 2.58. The first kappa shape index (κ1) is 15.7. The first-order chi connectivity index (χ1) is 11.8. The third kappa shape index (κ3) is 2.22. The van der Waals surface area contributed by atoms with E-state index in [1.165, 1.54) is 26.0 Å². The number of aliphatic imine (C=N–C) groups is 1. The summed E-state index contributed by atoms with van der Waals surface area (Å²) >= 11 is 0. The Morgan fingerprint density at radius 2 is 1.68 bits per heavy atom. The molecule has 0 radical (unpaired) electrons. The van der Waals surface area contributed by atoms with E-state index in [0.29, 0.717) is 27.9 Å². The van der Waals surface area contributed by atoms with E-state index in [0.717, 1.165) is 0 Å². The minimum absolute atomic E-state index is 0.0704. The first-order valence-corrected chi connectivity index (χ1v) is 8.01. The zero-order valence-electron chi connectivity index (χ0n) is 13.8. The molecule has 126 valence electrons. The molecule has 3 aromatic rings. The minimum Gasteiger partial charge on any atom is -0.353 e. The number of nitrogens with zero attached hydrogens (tertiary/aromatic N) is 1. The minimum atomic E-state index is -3.09. The van der Waals surface area contributed by atoms with E-state index in [1.807, 2.05) is 6.07 Å². The lowest BCUT2D eigenvalue weighted by atomic mass is 9.82. The zero-order valence-corrected chi connectivity index (χ0v) is 13.8. The normalized spacial score (nSPS) is 17.8. The van der Waals surface area contributed by atoms with Gasteiger partial charge >= 0.3 is 0 Å². The molecule has 1 N–H and O–H groups in total. The predicted molar refractivity (Wildman–Crippen MR) is 94.6 cm³/mol. The number of para-hydroxylation sites is 1. The molecule has 25 heavy (non-hydrogen) atoms. The quantitative estimate of drug-likeness (QED) is 0.708. The molecule has 1 aliphatic heterocycles. The molecular weight excluding hydrogens is 322 g/mol. The summed E-state index contributed by atoms with van der Waals surface area (Å²) in [7, 11) is 0. The van der Waals surface area contributed by atoms with Crippen LogP contribution in [0.5, 0.6) is 0 Å². The monoisotopic (exact) mass is 338 g/mol. The number of aromatic nitrogens is 1. The van der Waals surface area contributed by atoms with Crippen molar-refractivity contribution in [1.82, 2.24) is 4.98 Å². The van der Waals surface area contributed by atoms with Crippen molar-refractivity contribution in [1.29, 1.82) is 0 Å². The molecule has 2 aromatic carbocycles. The fraction of sp³-hybridized carbons (Fsp3) is 0.200. The molecular formula is C20H16F2N2O. The highest BCUT2D eigenvalue weighted by atomic mass is 19.3. The number of hydrogen-bond donors (Lipinski definition) is 1. The molecule has 0 unspecified atom stereocenters. The van der Waals surface area contributed by atoms with E-state index in [2.05, 4.69) is 9.98 Å². The van der Waals surface area contributed by atoms with E-state index in [9.17, 15) is 13.6 Å². The molecule has 2 heterocycles. The Kier molecular flexibility index (Phi) is 3.19. The number of alkyl halides is 2. The third-order valence-electron chi connectivity index (χ3n) is 4.67. The smallest absolute Gasteiger partial charge is 0.297 e. The van der Waals surface area contributed by atoms with Gasteiger partial charge in [-0.2, -0.15) is 8.78 Å². The Labute approximate surface area is 143 Å². The predicted octanol–water partition coefficient (Wildman–Crippen LogP) is 4.25. The SMILES string of the molecule is CC1(C)N=C(c2cc(=O)c3ccccc3[nH]2)c2ccccc2C1(F)F. The van der Waals surface area contributed by atoms with Crippen molar-refractivity contribution >= 4 is 16.6 Å². The fourth-order valence-corrected chi connectivity index (χ4v) is 3.23. The molecule has 0 aliphatic carbocycles. The van der Waals surface area contributed by atoms with Crippen molar-refractivity contribution in [2.45, 2.75) is 25.3 Å². The molecule has 0 atom stereocenters. The van der Waals surface area contributed by atoms with Gasteiger partial charge in [0, 0.05) is 28.1 Å². The number of pyridine rings is 1. The van der Waals surface area contributed by atoms with E-state index < -0.39 is 11.5 Å². The number of H-pyrrole nitrogens is 1. The van der Waals surface area contributed by atoms with Crippen molar-refractivity contribution in [3.05, 3.63) is 81.6 Å². The Balaban J connectivity index is 2.03. The molecule has 3 nitrogen and oxygen atoms in total. The molecule has 0 amide bonds. The summed E-state index contributed by atoms with van der Waals surface area (Å²) in [5, 5.41) is 0.556. The number of rotatable bonds is 1. The van der Waals surface area contributed by atoms with Crippen molar-refractivity contribution in [2.24, 2.45) is 4.99 Å². The zero-order chi connectivity index (χ0) is 17.8. The second kappa shape index (κ2) is 5.09. The van der Waals surface area contributed by atoms with Crippen LogP contribution in [-0.2, 0) is 5.92 Å². The molecule has 4 rings (SSSR count). The van der Waals surface area contributed by atoms with Crippen molar-refractivity contribution in [2.75, 3.05) is 0 Å². The Bertz CT molecular complexity index is 1080. The Morgan fingerprint density at radius 3 is 2.48 bits per heavy atom. The van der Waals surface area contributed by atoms with Crippen LogP contribution in [0.2, 0.25) is 0 Å². The van der Waals surface area contributed by atoms with Crippen molar-refractivity contribution in [3.63, 3.8) is 0 Å². The maximum atomic E-state index is 14.8. The second-order valence-corrected chi connectivity index (χ2v) is 6.73. The van der Waals surface area contributed by atoms with Gasteiger partial charge in [-0.15, -0.1) is 0 Å². The molecule has 1 aromatic heterocycles. The van der Waals surface area contributed by atoms with Crippen molar-refractivity contribution < 1.29 is 8.78 Å². The van der Waals surface area contributed by atoms with Crippen LogP contribution in [0.25, 0.3) is 10.9 Å². The van der Waals surface area contributed by atoms with Crippen LogP contribution in [0.15, 0.2) is 64.4 Å². The van der Waals surface area contributed by atoms with Crippen LogP contribution in [0.3, 0.4) is 0 Å². The lowest BCUT2D eigenvalue weighted by molar-refractivity contribution is -0.0682. The van der Waals surface area contributed by atoms with Crippen LogP contribution in [-0.4, -0.2) is 16.2 Å². The van der Waals surface area contributed by atoms with Gasteiger partial charge in [0.1, 0.15) is 5.54 Å². The van der Waals surface area contributed by atoms with E-state index >= 15 is 0 Å². The Morgan fingerprint density at radius 1 is 1.00 bits per heavy atom. The molecule has 0 saturated carbocycles. The second-order valence-electron chi connectivity index (χ2n) is 6.73. The number of hydrogen-bond acceptors (Lipinski definition) is 2. The largest absolute Gasteiger partial charge is 0.353 e. The summed E-state index contributed by atoms with van der Waals surface area (Å²) in [5.41, 5.74) is -0.0231. The van der Waals surface area contributed by atoms with Crippen LogP contribution >= 0.6 is 0 Å². The van der Waals surface area contributed by atoms with Gasteiger partial charge in [-0.05, 0) is 26.0 Å².